The molecule has 0 bridgehead atoms. The van der Waals surface area contributed by atoms with Gasteiger partial charge < -0.3 is 10.1 Å². The number of rotatable bonds is 5. The molecular weight excluding hydrogens is 337 g/mol. The van der Waals surface area contributed by atoms with Crippen molar-refractivity contribution in [3.8, 4) is 0 Å². The Balaban J connectivity index is 1.83. The molecule has 120 valence electrons. The predicted octanol–water partition coefficient (Wildman–Crippen LogP) is 3.78. The fourth-order valence-electron chi connectivity index (χ4n) is 1.89. The van der Waals surface area contributed by atoms with E-state index in [4.69, 9.17) is 27.9 Å². The van der Waals surface area contributed by atoms with Crippen molar-refractivity contribution in [2.24, 2.45) is 0 Å². The minimum Gasteiger partial charge on any atom is -0.452 e. The minimum atomic E-state index is -0.630. The van der Waals surface area contributed by atoms with Gasteiger partial charge in [-0.05, 0) is 36.2 Å². The van der Waals surface area contributed by atoms with Crippen LogP contribution < -0.4 is 5.32 Å². The van der Waals surface area contributed by atoms with Crippen molar-refractivity contribution in [1.29, 1.82) is 0 Å². The van der Waals surface area contributed by atoms with Gasteiger partial charge in [-0.2, -0.15) is 0 Å². The lowest BCUT2D eigenvalue weighted by atomic mass is 10.1. The highest BCUT2D eigenvalue weighted by Crippen LogP contribution is 2.22. The van der Waals surface area contributed by atoms with Gasteiger partial charge >= 0.3 is 5.97 Å². The number of esters is 1. The van der Waals surface area contributed by atoms with Crippen LogP contribution in [0.1, 0.15) is 21.5 Å². The Morgan fingerprint density at radius 2 is 1.83 bits per heavy atom. The van der Waals surface area contributed by atoms with Gasteiger partial charge in [0.2, 0.25) is 0 Å². The number of amides is 1. The molecule has 23 heavy (non-hydrogen) atoms. The number of carbonyl (C=O) groups excluding carboxylic acids is 2. The molecular formula is C17H15Cl2NO3. The number of hydrogen-bond acceptors (Lipinski definition) is 3. The first-order chi connectivity index (χ1) is 11.0. The molecule has 2 aromatic carbocycles. The smallest absolute Gasteiger partial charge is 0.338 e. The van der Waals surface area contributed by atoms with Crippen molar-refractivity contribution < 1.29 is 14.3 Å². The maximum atomic E-state index is 11.8. The van der Waals surface area contributed by atoms with Crippen molar-refractivity contribution in [3.63, 3.8) is 0 Å². The van der Waals surface area contributed by atoms with E-state index in [0.29, 0.717) is 11.6 Å². The van der Waals surface area contributed by atoms with Gasteiger partial charge in [0.15, 0.2) is 6.61 Å². The van der Waals surface area contributed by atoms with Crippen LogP contribution in [0.25, 0.3) is 0 Å². The second-order valence-electron chi connectivity index (χ2n) is 4.91. The number of ether oxygens (including phenoxy) is 1. The summed E-state index contributed by atoms with van der Waals surface area (Å²) in [5.41, 5.74) is 2.34. The number of nitrogens with one attached hydrogen (secondary N) is 1. The molecule has 2 aromatic rings. The molecule has 1 N–H and O–H groups in total. The summed E-state index contributed by atoms with van der Waals surface area (Å²) < 4.78 is 4.95. The molecule has 0 saturated heterocycles. The van der Waals surface area contributed by atoms with Crippen molar-refractivity contribution in [3.05, 3.63) is 69.2 Å². The quantitative estimate of drug-likeness (QED) is 0.834. The van der Waals surface area contributed by atoms with Crippen LogP contribution in [-0.4, -0.2) is 18.5 Å². The Kier molecular flexibility index (Phi) is 6.02. The zero-order valence-electron chi connectivity index (χ0n) is 12.4. The van der Waals surface area contributed by atoms with E-state index in [-0.39, 0.29) is 23.1 Å². The van der Waals surface area contributed by atoms with E-state index >= 15 is 0 Å². The molecule has 6 heteroatoms. The van der Waals surface area contributed by atoms with Crippen LogP contribution in [0.15, 0.2) is 42.5 Å². The Labute approximate surface area is 144 Å². The van der Waals surface area contributed by atoms with Crippen LogP contribution >= 0.6 is 23.2 Å². The Morgan fingerprint density at radius 3 is 2.52 bits per heavy atom. The van der Waals surface area contributed by atoms with Crippen LogP contribution in [0.3, 0.4) is 0 Å². The topological polar surface area (TPSA) is 55.4 Å². The molecule has 0 spiro atoms. The highest BCUT2D eigenvalue weighted by atomic mass is 35.5. The van der Waals surface area contributed by atoms with Gasteiger partial charge in [-0.3, -0.25) is 4.79 Å². The third-order valence-corrected chi connectivity index (χ3v) is 3.97. The lowest BCUT2D eigenvalue weighted by Gasteiger charge is -2.09. The van der Waals surface area contributed by atoms with Gasteiger partial charge in [0.25, 0.3) is 5.91 Å². The Hall–Kier alpha value is -2.04. The van der Waals surface area contributed by atoms with E-state index in [1.807, 2.05) is 31.2 Å². The lowest BCUT2D eigenvalue weighted by molar-refractivity contribution is -0.124. The molecule has 0 unspecified atom stereocenters. The first-order valence-corrected chi connectivity index (χ1v) is 7.66. The maximum Gasteiger partial charge on any atom is 0.338 e. The summed E-state index contributed by atoms with van der Waals surface area (Å²) in [6.45, 7) is 1.99. The zero-order valence-corrected chi connectivity index (χ0v) is 13.9. The number of carbonyl (C=O) groups is 2. The van der Waals surface area contributed by atoms with E-state index in [2.05, 4.69) is 5.32 Å². The molecule has 0 aliphatic rings. The van der Waals surface area contributed by atoms with Crippen LogP contribution in [0.5, 0.6) is 0 Å². The molecule has 0 aliphatic heterocycles. The van der Waals surface area contributed by atoms with Crippen molar-refractivity contribution in [2.45, 2.75) is 13.5 Å². The molecule has 0 fully saturated rings. The fourth-order valence-corrected chi connectivity index (χ4v) is 2.19. The van der Waals surface area contributed by atoms with Gasteiger partial charge in [0, 0.05) is 6.54 Å². The molecule has 0 aliphatic carbocycles. The number of benzene rings is 2. The molecule has 4 nitrogen and oxygen atoms in total. The van der Waals surface area contributed by atoms with Gasteiger partial charge in [-0.25, -0.2) is 4.79 Å². The molecule has 2 rings (SSSR count). The summed E-state index contributed by atoms with van der Waals surface area (Å²) in [6, 6.07) is 12.1. The van der Waals surface area contributed by atoms with Crippen LogP contribution in [-0.2, 0) is 16.1 Å². The second kappa shape index (κ2) is 7.99. The minimum absolute atomic E-state index is 0.242. The molecule has 0 aromatic heterocycles. The van der Waals surface area contributed by atoms with Gasteiger partial charge in [0.1, 0.15) is 0 Å². The molecule has 0 atom stereocenters. The van der Waals surface area contributed by atoms with Crippen molar-refractivity contribution >= 4 is 35.1 Å². The number of aryl methyl sites for hydroxylation is 1. The lowest BCUT2D eigenvalue weighted by Crippen LogP contribution is -2.28. The summed E-state index contributed by atoms with van der Waals surface area (Å²) in [6.07, 6.45) is 0. The van der Waals surface area contributed by atoms with Gasteiger partial charge in [-0.15, -0.1) is 0 Å². The summed E-state index contributed by atoms with van der Waals surface area (Å²) in [5.74, 6) is -1.00. The fraction of sp³-hybridized carbons (Fsp3) is 0.176. The Morgan fingerprint density at radius 1 is 1.09 bits per heavy atom. The average molecular weight is 352 g/mol. The molecule has 1 amide bonds. The highest BCUT2D eigenvalue weighted by Gasteiger charge is 2.12. The maximum absolute atomic E-state index is 11.8. The average Bonchev–Trinajstić information content (AvgIpc) is 2.54. The van der Waals surface area contributed by atoms with E-state index in [9.17, 15) is 9.59 Å². The standard InChI is InChI=1S/C17H15Cl2NO3/c1-11-4-2-3-5-13(11)9-20-16(21)10-23-17(22)12-6-7-14(18)15(19)8-12/h2-8H,9-10H2,1H3,(H,20,21). The summed E-state index contributed by atoms with van der Waals surface area (Å²) in [4.78, 5) is 23.6. The first kappa shape index (κ1) is 17.3. The van der Waals surface area contributed by atoms with E-state index in [0.717, 1.165) is 11.1 Å². The second-order valence-corrected chi connectivity index (χ2v) is 5.72. The van der Waals surface area contributed by atoms with E-state index < -0.39 is 5.97 Å². The van der Waals surface area contributed by atoms with Gasteiger partial charge in [-0.1, -0.05) is 47.5 Å². The SMILES string of the molecule is Cc1ccccc1CNC(=O)COC(=O)c1ccc(Cl)c(Cl)c1. The summed E-state index contributed by atoms with van der Waals surface area (Å²) >= 11 is 11.6. The van der Waals surface area contributed by atoms with Crippen LogP contribution in [0.4, 0.5) is 0 Å². The molecule has 0 radical (unpaired) electrons. The largest absolute Gasteiger partial charge is 0.452 e. The van der Waals surface area contributed by atoms with E-state index in [1.165, 1.54) is 18.2 Å². The summed E-state index contributed by atoms with van der Waals surface area (Å²) in [7, 11) is 0. The predicted molar refractivity (Wildman–Crippen MR) is 89.8 cm³/mol. The van der Waals surface area contributed by atoms with Gasteiger partial charge in [0.05, 0.1) is 15.6 Å². The Bertz CT molecular complexity index is 732. The third kappa shape index (κ3) is 4.98. The zero-order chi connectivity index (χ0) is 16.8. The van der Waals surface area contributed by atoms with E-state index in [1.54, 1.807) is 0 Å². The van der Waals surface area contributed by atoms with Crippen LogP contribution in [0.2, 0.25) is 10.0 Å². The highest BCUT2D eigenvalue weighted by molar-refractivity contribution is 6.42. The molecule has 0 heterocycles. The third-order valence-electron chi connectivity index (χ3n) is 3.23. The number of halogens is 2. The van der Waals surface area contributed by atoms with Crippen molar-refractivity contribution in [2.75, 3.05) is 6.61 Å². The van der Waals surface area contributed by atoms with Crippen LogP contribution in [0, 0.1) is 6.92 Å². The van der Waals surface area contributed by atoms with Crippen molar-refractivity contribution in [1.82, 2.24) is 5.32 Å². The number of hydrogen-bond donors (Lipinski definition) is 1. The monoisotopic (exact) mass is 351 g/mol. The molecule has 0 saturated carbocycles. The normalized spacial score (nSPS) is 10.2. The first-order valence-electron chi connectivity index (χ1n) is 6.91. The summed E-state index contributed by atoms with van der Waals surface area (Å²) in [5, 5.41) is 3.30.